The van der Waals surface area contributed by atoms with Gasteiger partial charge < -0.3 is 18.9 Å². The molecule has 0 aromatic rings. The van der Waals surface area contributed by atoms with E-state index in [-0.39, 0.29) is 5.92 Å². The van der Waals surface area contributed by atoms with Gasteiger partial charge in [0.2, 0.25) is 0 Å². The van der Waals surface area contributed by atoms with Crippen LogP contribution in [0.3, 0.4) is 0 Å². The highest BCUT2D eigenvalue weighted by molar-refractivity contribution is 4.99. The number of hydrogen-bond donors (Lipinski definition) is 0. The minimum atomic E-state index is -0.426. The average molecular weight is 200 g/mol. The Balaban J connectivity index is 1.86. The minimum Gasteiger partial charge on any atom is -0.347 e. The summed E-state index contributed by atoms with van der Waals surface area (Å²) in [7, 11) is 0. The summed E-state index contributed by atoms with van der Waals surface area (Å²) in [6.45, 7) is 4.88. The van der Waals surface area contributed by atoms with Crippen LogP contribution in [0, 0.1) is 5.92 Å². The van der Waals surface area contributed by atoms with E-state index in [1.54, 1.807) is 0 Å². The molecule has 0 aromatic heterocycles. The van der Waals surface area contributed by atoms with Gasteiger partial charge in [0, 0.05) is 12.8 Å². The van der Waals surface area contributed by atoms with Gasteiger partial charge >= 0.3 is 0 Å². The predicted molar refractivity (Wildman–Crippen MR) is 47.7 cm³/mol. The normalized spacial score (nSPS) is 34.9. The molecule has 1 aliphatic carbocycles. The molecule has 0 N–H and O–H groups in total. The van der Waals surface area contributed by atoms with Crippen LogP contribution < -0.4 is 0 Å². The first-order chi connectivity index (χ1) is 6.78. The molecule has 2 heterocycles. The summed E-state index contributed by atoms with van der Waals surface area (Å²) >= 11 is 0. The Morgan fingerprint density at radius 3 is 1.50 bits per heavy atom. The first-order valence-electron chi connectivity index (χ1n) is 5.33. The molecule has 0 atom stereocenters. The zero-order valence-corrected chi connectivity index (χ0v) is 8.45. The van der Waals surface area contributed by atoms with Crippen molar-refractivity contribution >= 4 is 0 Å². The zero-order valence-electron chi connectivity index (χ0n) is 8.45. The SMILES string of the molecule is CC1C2(CCC13OCCO3)OCCO2. The third-order valence-electron chi connectivity index (χ3n) is 3.69. The Morgan fingerprint density at radius 1 is 0.786 bits per heavy atom. The topological polar surface area (TPSA) is 36.9 Å². The van der Waals surface area contributed by atoms with Crippen molar-refractivity contribution < 1.29 is 18.9 Å². The fraction of sp³-hybridized carbons (Fsp3) is 1.00. The summed E-state index contributed by atoms with van der Waals surface area (Å²) < 4.78 is 22.9. The lowest BCUT2D eigenvalue weighted by Crippen LogP contribution is -2.43. The van der Waals surface area contributed by atoms with Crippen molar-refractivity contribution in [2.75, 3.05) is 26.4 Å². The van der Waals surface area contributed by atoms with Crippen molar-refractivity contribution in [3.05, 3.63) is 0 Å². The highest BCUT2D eigenvalue weighted by Gasteiger charge is 2.61. The molecule has 4 nitrogen and oxygen atoms in total. The van der Waals surface area contributed by atoms with E-state index in [1.807, 2.05) is 0 Å². The number of ether oxygens (including phenoxy) is 4. The molecule has 2 saturated heterocycles. The van der Waals surface area contributed by atoms with Gasteiger partial charge in [-0.25, -0.2) is 0 Å². The summed E-state index contributed by atoms with van der Waals surface area (Å²) in [5.41, 5.74) is 0. The van der Waals surface area contributed by atoms with E-state index in [0.717, 1.165) is 12.8 Å². The molecule has 0 amide bonds. The summed E-state index contributed by atoms with van der Waals surface area (Å²) in [4.78, 5) is 0. The van der Waals surface area contributed by atoms with Gasteiger partial charge in [-0.1, -0.05) is 6.92 Å². The molecule has 0 unspecified atom stereocenters. The Kier molecular flexibility index (Phi) is 1.89. The Bertz CT molecular complexity index is 204. The molecule has 3 fully saturated rings. The monoisotopic (exact) mass is 200 g/mol. The smallest absolute Gasteiger partial charge is 0.176 e. The van der Waals surface area contributed by atoms with E-state index in [9.17, 15) is 0 Å². The molecule has 3 rings (SSSR count). The third-order valence-corrected chi connectivity index (χ3v) is 3.69. The molecule has 80 valence electrons. The van der Waals surface area contributed by atoms with Gasteiger partial charge in [-0.3, -0.25) is 0 Å². The second kappa shape index (κ2) is 2.92. The van der Waals surface area contributed by atoms with Crippen LogP contribution in [0.4, 0.5) is 0 Å². The van der Waals surface area contributed by atoms with Crippen LogP contribution in [0.25, 0.3) is 0 Å². The van der Waals surface area contributed by atoms with Gasteiger partial charge in [0.05, 0.1) is 32.3 Å². The van der Waals surface area contributed by atoms with Crippen molar-refractivity contribution in [2.45, 2.75) is 31.3 Å². The van der Waals surface area contributed by atoms with Crippen LogP contribution in [-0.2, 0) is 18.9 Å². The molecule has 2 aliphatic heterocycles. The fourth-order valence-electron chi connectivity index (χ4n) is 2.85. The van der Waals surface area contributed by atoms with Crippen LogP contribution in [0.15, 0.2) is 0 Å². The lowest BCUT2D eigenvalue weighted by Gasteiger charge is -2.33. The van der Waals surface area contributed by atoms with E-state index in [1.165, 1.54) is 0 Å². The molecule has 2 spiro atoms. The maximum atomic E-state index is 5.72. The summed E-state index contributed by atoms with van der Waals surface area (Å²) in [5, 5.41) is 0. The Labute approximate surface area is 83.5 Å². The van der Waals surface area contributed by atoms with Crippen LogP contribution in [0.2, 0.25) is 0 Å². The van der Waals surface area contributed by atoms with Crippen molar-refractivity contribution in [2.24, 2.45) is 5.92 Å². The maximum Gasteiger partial charge on any atom is 0.176 e. The second-order valence-electron chi connectivity index (χ2n) is 4.24. The van der Waals surface area contributed by atoms with Crippen LogP contribution in [-0.4, -0.2) is 38.0 Å². The molecule has 3 aliphatic rings. The highest BCUT2D eigenvalue weighted by atomic mass is 16.8. The van der Waals surface area contributed by atoms with Crippen molar-refractivity contribution in [3.63, 3.8) is 0 Å². The van der Waals surface area contributed by atoms with Crippen molar-refractivity contribution in [1.82, 2.24) is 0 Å². The first-order valence-corrected chi connectivity index (χ1v) is 5.33. The molecule has 0 aromatic carbocycles. The molecule has 0 bridgehead atoms. The van der Waals surface area contributed by atoms with Gasteiger partial charge in [-0.05, 0) is 0 Å². The summed E-state index contributed by atoms with van der Waals surface area (Å²) in [6.07, 6.45) is 1.77. The average Bonchev–Trinajstić information content (AvgIpc) is 2.89. The van der Waals surface area contributed by atoms with Crippen LogP contribution in [0.1, 0.15) is 19.8 Å². The fourth-order valence-corrected chi connectivity index (χ4v) is 2.85. The largest absolute Gasteiger partial charge is 0.347 e. The van der Waals surface area contributed by atoms with Gasteiger partial charge in [0.15, 0.2) is 11.6 Å². The van der Waals surface area contributed by atoms with Gasteiger partial charge in [-0.2, -0.15) is 0 Å². The third kappa shape index (κ3) is 1.03. The predicted octanol–water partition coefficient (Wildman–Crippen LogP) is 0.903. The Hall–Kier alpha value is -0.160. The van der Waals surface area contributed by atoms with E-state index in [4.69, 9.17) is 18.9 Å². The first kappa shape index (κ1) is 9.09. The molecule has 14 heavy (non-hydrogen) atoms. The molecular weight excluding hydrogens is 184 g/mol. The molecule has 4 heteroatoms. The highest BCUT2D eigenvalue weighted by Crippen LogP contribution is 2.51. The van der Waals surface area contributed by atoms with Gasteiger partial charge in [-0.15, -0.1) is 0 Å². The standard InChI is InChI=1S/C10H16O4/c1-8-9(11-4-5-12-9)2-3-10(8)13-6-7-14-10/h8H,2-7H2,1H3. The lowest BCUT2D eigenvalue weighted by atomic mass is 10.0. The van der Waals surface area contributed by atoms with E-state index < -0.39 is 11.6 Å². The number of hydrogen-bond acceptors (Lipinski definition) is 4. The number of rotatable bonds is 0. The zero-order chi connectivity index (χ0) is 9.65. The molecule has 0 radical (unpaired) electrons. The Morgan fingerprint density at radius 2 is 1.14 bits per heavy atom. The van der Waals surface area contributed by atoms with E-state index >= 15 is 0 Å². The van der Waals surface area contributed by atoms with Crippen molar-refractivity contribution in [3.8, 4) is 0 Å². The summed E-state index contributed by atoms with van der Waals surface area (Å²) in [5.74, 6) is -0.686. The second-order valence-corrected chi connectivity index (χ2v) is 4.24. The quantitative estimate of drug-likeness (QED) is 0.582. The minimum absolute atomic E-state index is 0.167. The maximum absolute atomic E-state index is 5.72. The van der Waals surface area contributed by atoms with Crippen LogP contribution >= 0.6 is 0 Å². The van der Waals surface area contributed by atoms with E-state index in [2.05, 4.69) is 6.92 Å². The molecule has 1 saturated carbocycles. The van der Waals surface area contributed by atoms with Crippen LogP contribution in [0.5, 0.6) is 0 Å². The molecular formula is C10H16O4. The lowest BCUT2D eigenvalue weighted by molar-refractivity contribution is -0.246. The van der Waals surface area contributed by atoms with Crippen molar-refractivity contribution in [1.29, 1.82) is 0 Å². The van der Waals surface area contributed by atoms with Gasteiger partial charge in [0.1, 0.15) is 0 Å². The van der Waals surface area contributed by atoms with E-state index in [0.29, 0.717) is 26.4 Å². The van der Waals surface area contributed by atoms with Gasteiger partial charge in [0.25, 0.3) is 0 Å². The summed E-state index contributed by atoms with van der Waals surface area (Å²) in [6, 6.07) is 0.